The van der Waals surface area contributed by atoms with Crippen LogP contribution in [0.15, 0.2) is 31.9 Å². The summed E-state index contributed by atoms with van der Waals surface area (Å²) in [5.74, 6) is 0.220. The molecule has 9 heteroatoms. The third-order valence-corrected chi connectivity index (χ3v) is 3.16. The molecule has 114 valence electrons. The summed E-state index contributed by atoms with van der Waals surface area (Å²) in [5.41, 5.74) is 0.443. The highest BCUT2D eigenvalue weighted by Crippen LogP contribution is 2.21. The third kappa shape index (κ3) is 2.36. The predicted octanol–water partition coefficient (Wildman–Crippen LogP) is 2.06. The van der Waals surface area contributed by atoms with E-state index in [1.165, 1.54) is 22.8 Å². The molecule has 0 radical (unpaired) electrons. The summed E-state index contributed by atoms with van der Waals surface area (Å²) < 4.78 is 11.4. The summed E-state index contributed by atoms with van der Waals surface area (Å²) >= 11 is 0. The zero-order valence-electron chi connectivity index (χ0n) is 11.8. The fourth-order valence-electron chi connectivity index (χ4n) is 2.02. The molecular weight excluding hydrogens is 292 g/mol. The molecule has 0 aliphatic heterocycles. The van der Waals surface area contributed by atoms with Gasteiger partial charge in [0.1, 0.15) is 6.54 Å². The standard InChI is InChI=1S/C13H12N4O5/c1-7(2)12-14-11(22-15-12)6-16-9-5-8(17(19)20)3-4-10(9)21-13(16)18/h3-5,7H,6H2,1-2H3. The first-order valence-corrected chi connectivity index (χ1v) is 6.56. The van der Waals surface area contributed by atoms with Crippen LogP contribution in [0.5, 0.6) is 0 Å². The fourth-order valence-corrected chi connectivity index (χ4v) is 2.02. The van der Waals surface area contributed by atoms with Crippen molar-refractivity contribution in [2.24, 2.45) is 0 Å². The number of fused-ring (bicyclic) bond motifs is 1. The predicted molar refractivity (Wildman–Crippen MR) is 74.6 cm³/mol. The zero-order chi connectivity index (χ0) is 15.9. The van der Waals surface area contributed by atoms with Crippen molar-refractivity contribution in [1.82, 2.24) is 14.7 Å². The molecule has 0 unspecified atom stereocenters. The van der Waals surface area contributed by atoms with Gasteiger partial charge in [0.2, 0.25) is 5.89 Å². The second-order valence-electron chi connectivity index (χ2n) is 5.06. The highest BCUT2D eigenvalue weighted by Gasteiger charge is 2.17. The fraction of sp³-hybridized carbons (Fsp3) is 0.308. The number of rotatable bonds is 4. The second kappa shape index (κ2) is 5.10. The Balaban J connectivity index is 2.05. The van der Waals surface area contributed by atoms with Crippen molar-refractivity contribution >= 4 is 16.8 Å². The smallest absolute Gasteiger partial charge is 0.408 e. The first-order chi connectivity index (χ1) is 10.5. The quantitative estimate of drug-likeness (QED) is 0.534. The molecule has 0 aliphatic carbocycles. The summed E-state index contributed by atoms with van der Waals surface area (Å²) in [7, 11) is 0. The maximum atomic E-state index is 11.9. The van der Waals surface area contributed by atoms with E-state index in [-0.39, 0.29) is 29.6 Å². The van der Waals surface area contributed by atoms with Gasteiger partial charge in [0, 0.05) is 18.1 Å². The minimum absolute atomic E-state index is 0.00722. The number of non-ortho nitro benzene ring substituents is 1. The first-order valence-electron chi connectivity index (χ1n) is 6.56. The largest absolute Gasteiger partial charge is 0.420 e. The van der Waals surface area contributed by atoms with E-state index in [4.69, 9.17) is 8.94 Å². The molecule has 0 spiro atoms. The van der Waals surface area contributed by atoms with Crippen molar-refractivity contribution in [3.63, 3.8) is 0 Å². The van der Waals surface area contributed by atoms with Crippen LogP contribution in [-0.4, -0.2) is 19.6 Å². The van der Waals surface area contributed by atoms with Gasteiger partial charge in [-0.15, -0.1) is 0 Å². The summed E-state index contributed by atoms with van der Waals surface area (Å²) in [5, 5.41) is 14.7. The van der Waals surface area contributed by atoms with Crippen LogP contribution in [0, 0.1) is 10.1 Å². The Morgan fingerprint density at radius 1 is 1.41 bits per heavy atom. The van der Waals surface area contributed by atoms with Crippen LogP contribution >= 0.6 is 0 Å². The molecule has 3 aromatic rings. The van der Waals surface area contributed by atoms with Gasteiger partial charge in [-0.05, 0) is 6.07 Å². The Morgan fingerprint density at radius 2 is 2.18 bits per heavy atom. The monoisotopic (exact) mass is 304 g/mol. The molecule has 0 bridgehead atoms. The number of aromatic nitrogens is 3. The molecule has 22 heavy (non-hydrogen) atoms. The molecule has 0 atom stereocenters. The highest BCUT2D eigenvalue weighted by molar-refractivity contribution is 5.75. The number of oxazole rings is 1. The molecule has 2 heterocycles. The van der Waals surface area contributed by atoms with Gasteiger partial charge in [0.05, 0.1) is 10.4 Å². The van der Waals surface area contributed by atoms with Crippen molar-refractivity contribution < 1.29 is 13.9 Å². The molecule has 1 aromatic carbocycles. The molecule has 2 aromatic heterocycles. The Labute approximate surface area is 123 Å². The van der Waals surface area contributed by atoms with Gasteiger partial charge in [0.15, 0.2) is 11.4 Å². The number of hydrogen-bond acceptors (Lipinski definition) is 7. The molecule has 0 amide bonds. The van der Waals surface area contributed by atoms with E-state index in [0.29, 0.717) is 11.3 Å². The first kappa shape index (κ1) is 14.0. The van der Waals surface area contributed by atoms with Gasteiger partial charge in [-0.25, -0.2) is 4.79 Å². The van der Waals surface area contributed by atoms with E-state index < -0.39 is 10.7 Å². The lowest BCUT2D eigenvalue weighted by Crippen LogP contribution is -2.15. The van der Waals surface area contributed by atoms with Crippen molar-refractivity contribution in [3.8, 4) is 0 Å². The normalized spacial score (nSPS) is 11.4. The molecule has 0 N–H and O–H groups in total. The van der Waals surface area contributed by atoms with Gasteiger partial charge in [0.25, 0.3) is 5.69 Å². The minimum Gasteiger partial charge on any atom is -0.408 e. The lowest BCUT2D eigenvalue weighted by Gasteiger charge is -1.97. The summed E-state index contributed by atoms with van der Waals surface area (Å²) in [6.07, 6.45) is 0. The van der Waals surface area contributed by atoms with E-state index in [9.17, 15) is 14.9 Å². The van der Waals surface area contributed by atoms with Crippen LogP contribution in [0.25, 0.3) is 11.1 Å². The Morgan fingerprint density at radius 3 is 2.82 bits per heavy atom. The SMILES string of the molecule is CC(C)c1noc(Cn2c(=O)oc3ccc([N+](=O)[O-])cc32)n1. The van der Waals surface area contributed by atoms with Crippen molar-refractivity contribution in [2.45, 2.75) is 26.3 Å². The highest BCUT2D eigenvalue weighted by atomic mass is 16.6. The number of hydrogen-bond donors (Lipinski definition) is 0. The average Bonchev–Trinajstić information content (AvgIpc) is 3.04. The summed E-state index contributed by atoms with van der Waals surface area (Å²) in [6, 6.07) is 3.94. The lowest BCUT2D eigenvalue weighted by molar-refractivity contribution is -0.384. The van der Waals surface area contributed by atoms with E-state index in [1.54, 1.807) is 0 Å². The third-order valence-electron chi connectivity index (χ3n) is 3.16. The average molecular weight is 304 g/mol. The molecule has 0 fully saturated rings. The minimum atomic E-state index is -0.639. The molecule has 3 rings (SSSR count). The summed E-state index contributed by atoms with van der Waals surface area (Å²) in [4.78, 5) is 26.4. The van der Waals surface area contributed by atoms with Gasteiger partial charge >= 0.3 is 5.76 Å². The van der Waals surface area contributed by atoms with Crippen LogP contribution in [0.1, 0.15) is 31.5 Å². The van der Waals surface area contributed by atoms with Gasteiger partial charge in [-0.3, -0.25) is 14.7 Å². The lowest BCUT2D eigenvalue weighted by atomic mass is 10.2. The Kier molecular flexibility index (Phi) is 3.24. The Hall–Kier alpha value is -2.97. The van der Waals surface area contributed by atoms with Gasteiger partial charge in [-0.2, -0.15) is 4.98 Å². The zero-order valence-corrected chi connectivity index (χ0v) is 11.8. The number of nitrogens with zero attached hydrogens (tertiary/aromatic N) is 4. The maximum Gasteiger partial charge on any atom is 0.420 e. The van der Waals surface area contributed by atoms with E-state index in [2.05, 4.69) is 10.1 Å². The molecule has 0 saturated carbocycles. The van der Waals surface area contributed by atoms with E-state index in [0.717, 1.165) is 0 Å². The van der Waals surface area contributed by atoms with Gasteiger partial charge in [-0.1, -0.05) is 19.0 Å². The van der Waals surface area contributed by atoms with Crippen molar-refractivity contribution in [3.05, 3.63) is 50.6 Å². The van der Waals surface area contributed by atoms with Gasteiger partial charge < -0.3 is 8.94 Å². The van der Waals surface area contributed by atoms with E-state index >= 15 is 0 Å². The topological polar surface area (TPSA) is 117 Å². The van der Waals surface area contributed by atoms with Crippen LogP contribution < -0.4 is 5.76 Å². The summed E-state index contributed by atoms with van der Waals surface area (Å²) in [6.45, 7) is 3.82. The van der Waals surface area contributed by atoms with Crippen molar-refractivity contribution in [1.29, 1.82) is 0 Å². The number of nitro groups is 1. The molecule has 0 aliphatic rings. The van der Waals surface area contributed by atoms with Crippen LogP contribution in [-0.2, 0) is 6.54 Å². The number of benzene rings is 1. The second-order valence-corrected chi connectivity index (χ2v) is 5.06. The van der Waals surface area contributed by atoms with E-state index in [1.807, 2.05) is 13.8 Å². The van der Waals surface area contributed by atoms with Crippen molar-refractivity contribution in [2.75, 3.05) is 0 Å². The van der Waals surface area contributed by atoms with Crippen LogP contribution in [0.2, 0.25) is 0 Å². The molecule has 0 saturated heterocycles. The molecular formula is C13H12N4O5. The van der Waals surface area contributed by atoms with Crippen LogP contribution in [0.4, 0.5) is 5.69 Å². The Bertz CT molecular complexity index is 905. The maximum absolute atomic E-state index is 11.9. The van der Waals surface area contributed by atoms with Crippen LogP contribution in [0.3, 0.4) is 0 Å². The number of nitro benzene ring substituents is 1. The molecule has 9 nitrogen and oxygen atoms in total.